The Labute approximate surface area is 146 Å². The summed E-state index contributed by atoms with van der Waals surface area (Å²) in [5.74, 6) is -1.98. The molecule has 0 spiro atoms. The Morgan fingerprint density at radius 3 is 2.20 bits per heavy atom. The van der Waals surface area contributed by atoms with Crippen molar-refractivity contribution in [2.75, 3.05) is 6.61 Å². The first-order valence-corrected chi connectivity index (χ1v) is 7.80. The van der Waals surface area contributed by atoms with Crippen LogP contribution in [-0.4, -0.2) is 46.4 Å². The van der Waals surface area contributed by atoms with Gasteiger partial charge in [0.05, 0.1) is 19.1 Å². The molecule has 0 aliphatic rings. The van der Waals surface area contributed by atoms with Gasteiger partial charge in [0, 0.05) is 0 Å². The highest BCUT2D eigenvalue weighted by Crippen LogP contribution is 2.12. The van der Waals surface area contributed by atoms with E-state index in [1.807, 2.05) is 0 Å². The Hall–Kier alpha value is -2.61. The molecule has 1 aromatic rings. The molecule has 4 N–H and O–H groups in total. The average Bonchev–Trinajstić information content (AvgIpc) is 2.50. The zero-order valence-electron chi connectivity index (χ0n) is 14.5. The second-order valence-corrected chi connectivity index (χ2v) is 6.45. The Kier molecular flexibility index (Phi) is 7.38. The Morgan fingerprint density at radius 2 is 1.72 bits per heavy atom. The molecule has 0 aliphatic carbocycles. The molecule has 0 saturated heterocycles. The number of hydrogen-bond acceptors (Lipinski definition) is 5. The fraction of sp³-hybridized carbons (Fsp3) is 0.471. The number of carbonyl (C=O) groups is 3. The standard InChI is InChI=1S/C17H24N2O6/c1-17(2,3)25-16(24)19-12(9-14(21)22)15(23)18-13(10-20)11-7-5-4-6-8-11/h4-8,12-13,20H,9-10H2,1-3H3,(H,18,23)(H,19,24)(H,21,22)/t12-,13-/m1/s1. The Bertz CT molecular complexity index is 597. The molecule has 0 aliphatic heterocycles. The first-order chi connectivity index (χ1) is 11.6. The lowest BCUT2D eigenvalue weighted by molar-refractivity contribution is -0.140. The van der Waals surface area contributed by atoms with Crippen molar-refractivity contribution >= 4 is 18.0 Å². The number of aliphatic hydroxyl groups excluding tert-OH is 1. The minimum atomic E-state index is -1.33. The highest BCUT2D eigenvalue weighted by molar-refractivity contribution is 5.89. The van der Waals surface area contributed by atoms with Gasteiger partial charge in [-0.05, 0) is 26.3 Å². The summed E-state index contributed by atoms with van der Waals surface area (Å²) in [6.07, 6.45) is -1.51. The predicted octanol–water partition coefficient (Wildman–Crippen LogP) is 1.20. The molecule has 1 rings (SSSR count). The van der Waals surface area contributed by atoms with E-state index in [2.05, 4.69) is 10.6 Å². The lowest BCUT2D eigenvalue weighted by atomic mass is 10.1. The fourth-order valence-corrected chi connectivity index (χ4v) is 2.03. The lowest BCUT2D eigenvalue weighted by Gasteiger charge is -2.24. The van der Waals surface area contributed by atoms with Crippen LogP contribution in [0.2, 0.25) is 0 Å². The van der Waals surface area contributed by atoms with Crippen LogP contribution in [0.4, 0.5) is 4.79 Å². The monoisotopic (exact) mass is 352 g/mol. The number of carboxylic acid groups (broad SMARTS) is 1. The quantitative estimate of drug-likeness (QED) is 0.584. The summed E-state index contributed by atoms with van der Waals surface area (Å²) in [6.45, 7) is 4.57. The smallest absolute Gasteiger partial charge is 0.408 e. The predicted molar refractivity (Wildman–Crippen MR) is 89.8 cm³/mol. The maximum absolute atomic E-state index is 12.4. The largest absolute Gasteiger partial charge is 0.481 e. The number of rotatable bonds is 7. The van der Waals surface area contributed by atoms with Crippen molar-refractivity contribution in [3.63, 3.8) is 0 Å². The minimum Gasteiger partial charge on any atom is -0.481 e. The van der Waals surface area contributed by atoms with Crippen molar-refractivity contribution < 1.29 is 29.3 Å². The molecule has 2 amide bonds. The zero-order chi connectivity index (χ0) is 19.0. The summed E-state index contributed by atoms with van der Waals surface area (Å²) in [7, 11) is 0. The highest BCUT2D eigenvalue weighted by atomic mass is 16.6. The summed E-state index contributed by atoms with van der Waals surface area (Å²) in [4.78, 5) is 35.2. The molecule has 25 heavy (non-hydrogen) atoms. The summed E-state index contributed by atoms with van der Waals surface area (Å²) >= 11 is 0. The maximum Gasteiger partial charge on any atom is 0.408 e. The van der Waals surface area contributed by atoms with Crippen molar-refractivity contribution in [3.05, 3.63) is 35.9 Å². The van der Waals surface area contributed by atoms with Gasteiger partial charge >= 0.3 is 12.1 Å². The van der Waals surface area contributed by atoms with Gasteiger partial charge < -0.3 is 25.6 Å². The third-order valence-electron chi connectivity index (χ3n) is 3.09. The summed E-state index contributed by atoms with van der Waals surface area (Å²) in [5, 5.41) is 23.2. The van der Waals surface area contributed by atoms with Crippen molar-refractivity contribution in [1.82, 2.24) is 10.6 Å². The summed E-state index contributed by atoms with van der Waals surface area (Å²) in [6, 6.07) is 6.67. The Morgan fingerprint density at radius 1 is 1.12 bits per heavy atom. The highest BCUT2D eigenvalue weighted by Gasteiger charge is 2.28. The number of benzene rings is 1. The number of alkyl carbamates (subject to hydrolysis) is 1. The van der Waals surface area contributed by atoms with Crippen LogP contribution in [0.1, 0.15) is 38.8 Å². The molecular weight excluding hydrogens is 328 g/mol. The van der Waals surface area contributed by atoms with Crippen LogP contribution in [-0.2, 0) is 14.3 Å². The molecule has 0 unspecified atom stereocenters. The molecular formula is C17H24N2O6. The van der Waals surface area contributed by atoms with Crippen molar-refractivity contribution in [2.45, 2.75) is 44.9 Å². The summed E-state index contributed by atoms with van der Waals surface area (Å²) in [5.41, 5.74) is -0.129. The number of carboxylic acids is 1. The van der Waals surface area contributed by atoms with Crippen LogP contribution in [0.25, 0.3) is 0 Å². The van der Waals surface area contributed by atoms with E-state index in [9.17, 15) is 19.5 Å². The van der Waals surface area contributed by atoms with Crippen molar-refractivity contribution in [2.24, 2.45) is 0 Å². The fourth-order valence-electron chi connectivity index (χ4n) is 2.03. The van der Waals surface area contributed by atoms with E-state index in [1.54, 1.807) is 51.1 Å². The van der Waals surface area contributed by atoms with Gasteiger partial charge in [0.1, 0.15) is 11.6 Å². The molecule has 0 fully saturated rings. The molecule has 0 bridgehead atoms. The number of carbonyl (C=O) groups excluding carboxylic acids is 2. The Balaban J connectivity index is 2.81. The lowest BCUT2D eigenvalue weighted by Crippen LogP contribution is -2.50. The van der Waals surface area contributed by atoms with E-state index in [0.29, 0.717) is 5.56 Å². The van der Waals surface area contributed by atoms with E-state index < -0.39 is 42.1 Å². The number of aliphatic carboxylic acids is 1. The molecule has 0 aromatic heterocycles. The average molecular weight is 352 g/mol. The van der Waals surface area contributed by atoms with Crippen LogP contribution in [0.5, 0.6) is 0 Å². The number of aliphatic hydroxyl groups is 1. The van der Waals surface area contributed by atoms with E-state index in [0.717, 1.165) is 0 Å². The number of nitrogens with one attached hydrogen (secondary N) is 2. The van der Waals surface area contributed by atoms with Crippen molar-refractivity contribution in [3.8, 4) is 0 Å². The molecule has 8 nitrogen and oxygen atoms in total. The minimum absolute atomic E-state index is 0.373. The van der Waals surface area contributed by atoms with Crippen LogP contribution < -0.4 is 10.6 Å². The second kappa shape index (κ2) is 9.03. The first-order valence-electron chi connectivity index (χ1n) is 7.80. The molecule has 2 atom stereocenters. The van der Waals surface area contributed by atoms with Gasteiger partial charge in [-0.15, -0.1) is 0 Å². The first kappa shape index (κ1) is 20.4. The second-order valence-electron chi connectivity index (χ2n) is 6.45. The number of amides is 2. The van der Waals surface area contributed by atoms with Crippen LogP contribution in [0.3, 0.4) is 0 Å². The van der Waals surface area contributed by atoms with Gasteiger partial charge in [-0.3, -0.25) is 9.59 Å². The van der Waals surface area contributed by atoms with Gasteiger partial charge in [0.15, 0.2) is 0 Å². The summed E-state index contributed by atoms with van der Waals surface area (Å²) < 4.78 is 5.04. The number of hydrogen-bond donors (Lipinski definition) is 4. The van der Waals surface area contributed by atoms with Gasteiger partial charge in [-0.25, -0.2) is 4.79 Å². The van der Waals surface area contributed by atoms with Crippen LogP contribution in [0.15, 0.2) is 30.3 Å². The van der Waals surface area contributed by atoms with Gasteiger partial charge in [-0.1, -0.05) is 30.3 Å². The molecule has 0 saturated carbocycles. The van der Waals surface area contributed by atoms with Crippen LogP contribution in [0, 0.1) is 0 Å². The number of ether oxygens (including phenoxy) is 1. The third-order valence-corrected chi connectivity index (χ3v) is 3.09. The molecule has 0 heterocycles. The van der Waals surface area contributed by atoms with E-state index in [-0.39, 0.29) is 6.61 Å². The molecule has 138 valence electrons. The van der Waals surface area contributed by atoms with E-state index >= 15 is 0 Å². The normalized spacial score (nSPS) is 13.4. The van der Waals surface area contributed by atoms with E-state index in [4.69, 9.17) is 9.84 Å². The molecule has 8 heteroatoms. The van der Waals surface area contributed by atoms with Crippen molar-refractivity contribution in [1.29, 1.82) is 0 Å². The van der Waals surface area contributed by atoms with E-state index in [1.165, 1.54) is 0 Å². The zero-order valence-corrected chi connectivity index (χ0v) is 14.5. The SMILES string of the molecule is CC(C)(C)OC(=O)N[C@H](CC(=O)O)C(=O)N[C@H](CO)c1ccccc1. The molecule has 0 radical (unpaired) electrons. The topological polar surface area (TPSA) is 125 Å². The maximum atomic E-state index is 12.4. The van der Waals surface area contributed by atoms with Gasteiger partial charge in [0.2, 0.25) is 5.91 Å². The third kappa shape index (κ3) is 7.67. The van der Waals surface area contributed by atoms with Gasteiger partial charge in [0.25, 0.3) is 0 Å². The van der Waals surface area contributed by atoms with Gasteiger partial charge in [-0.2, -0.15) is 0 Å². The molecule has 1 aromatic carbocycles. The van der Waals surface area contributed by atoms with Crippen LogP contribution >= 0.6 is 0 Å².